The van der Waals surface area contributed by atoms with Crippen molar-refractivity contribution in [2.24, 2.45) is 10.9 Å². The predicted molar refractivity (Wildman–Crippen MR) is 75.0 cm³/mol. The Labute approximate surface area is 111 Å². The van der Waals surface area contributed by atoms with E-state index < -0.39 is 0 Å². The van der Waals surface area contributed by atoms with E-state index in [2.05, 4.69) is 21.9 Å². The highest BCUT2D eigenvalue weighted by Gasteiger charge is 2.16. The standard InChI is InChI=1S/C13H28N4O/c1-2-3-4-5-6-7-16-8-10-17(11-9-16)12-13(14)15-18/h18H,2-12H2,1H3,(H2,14,15). The molecule has 1 rings (SSSR count). The summed E-state index contributed by atoms with van der Waals surface area (Å²) in [5.74, 6) is 0.308. The number of hydrogen-bond donors (Lipinski definition) is 2. The smallest absolute Gasteiger partial charge is 0.153 e. The second kappa shape index (κ2) is 9.16. The highest BCUT2D eigenvalue weighted by Crippen LogP contribution is 2.06. The molecule has 1 aliphatic rings. The van der Waals surface area contributed by atoms with Crippen molar-refractivity contribution in [1.82, 2.24) is 9.80 Å². The van der Waals surface area contributed by atoms with Crippen molar-refractivity contribution in [1.29, 1.82) is 0 Å². The lowest BCUT2D eigenvalue weighted by Gasteiger charge is -2.34. The van der Waals surface area contributed by atoms with E-state index >= 15 is 0 Å². The third kappa shape index (κ3) is 6.21. The van der Waals surface area contributed by atoms with E-state index in [1.165, 1.54) is 38.6 Å². The number of unbranched alkanes of at least 4 members (excludes halogenated alkanes) is 4. The van der Waals surface area contributed by atoms with Gasteiger partial charge in [-0.2, -0.15) is 0 Å². The largest absolute Gasteiger partial charge is 0.409 e. The van der Waals surface area contributed by atoms with E-state index in [1.54, 1.807) is 0 Å². The first kappa shape index (κ1) is 15.2. The first-order chi connectivity index (χ1) is 8.76. The molecular formula is C13H28N4O. The Hall–Kier alpha value is -0.810. The zero-order chi connectivity index (χ0) is 13.2. The first-order valence-electron chi connectivity index (χ1n) is 7.17. The van der Waals surface area contributed by atoms with Gasteiger partial charge in [0.2, 0.25) is 0 Å². The lowest BCUT2D eigenvalue weighted by atomic mass is 10.1. The van der Waals surface area contributed by atoms with Crippen molar-refractivity contribution in [3.63, 3.8) is 0 Å². The molecule has 0 atom stereocenters. The van der Waals surface area contributed by atoms with Gasteiger partial charge in [-0.1, -0.05) is 37.8 Å². The van der Waals surface area contributed by atoms with Gasteiger partial charge in [-0.3, -0.25) is 4.90 Å². The second-order valence-electron chi connectivity index (χ2n) is 5.12. The van der Waals surface area contributed by atoms with Gasteiger partial charge in [0.15, 0.2) is 5.84 Å². The Kier molecular flexibility index (Phi) is 7.76. The summed E-state index contributed by atoms with van der Waals surface area (Å²) in [6, 6.07) is 0. The fraction of sp³-hybridized carbons (Fsp3) is 0.923. The van der Waals surface area contributed by atoms with E-state index in [-0.39, 0.29) is 0 Å². The van der Waals surface area contributed by atoms with E-state index in [0.717, 1.165) is 26.2 Å². The maximum Gasteiger partial charge on any atom is 0.153 e. The molecule has 5 heteroatoms. The molecule has 0 unspecified atom stereocenters. The molecule has 5 nitrogen and oxygen atoms in total. The van der Waals surface area contributed by atoms with Gasteiger partial charge in [-0.25, -0.2) is 0 Å². The predicted octanol–water partition coefficient (Wildman–Crippen LogP) is 1.32. The zero-order valence-corrected chi connectivity index (χ0v) is 11.6. The van der Waals surface area contributed by atoms with Crippen LogP contribution in [0, 0.1) is 0 Å². The van der Waals surface area contributed by atoms with Crippen molar-refractivity contribution in [2.75, 3.05) is 39.3 Å². The average molecular weight is 256 g/mol. The summed E-state index contributed by atoms with van der Waals surface area (Å²) in [6.07, 6.45) is 6.73. The fourth-order valence-corrected chi connectivity index (χ4v) is 2.37. The molecule has 0 aromatic rings. The van der Waals surface area contributed by atoms with Crippen LogP contribution < -0.4 is 5.73 Å². The molecule has 1 fully saturated rings. The molecule has 0 saturated carbocycles. The van der Waals surface area contributed by atoms with E-state index in [9.17, 15) is 0 Å². The molecule has 0 spiro atoms. The Morgan fingerprint density at radius 1 is 1.06 bits per heavy atom. The quantitative estimate of drug-likeness (QED) is 0.226. The molecule has 3 N–H and O–H groups in total. The van der Waals surface area contributed by atoms with Crippen molar-refractivity contribution in [2.45, 2.75) is 39.0 Å². The lowest BCUT2D eigenvalue weighted by Crippen LogP contribution is -2.48. The van der Waals surface area contributed by atoms with Gasteiger partial charge in [-0.15, -0.1) is 0 Å². The summed E-state index contributed by atoms with van der Waals surface area (Å²) in [6.45, 7) is 8.30. The van der Waals surface area contributed by atoms with E-state index in [4.69, 9.17) is 10.9 Å². The minimum Gasteiger partial charge on any atom is -0.409 e. The molecule has 0 aromatic carbocycles. The van der Waals surface area contributed by atoms with E-state index in [1.807, 2.05) is 0 Å². The molecule has 18 heavy (non-hydrogen) atoms. The summed E-state index contributed by atoms with van der Waals surface area (Å²) >= 11 is 0. The first-order valence-corrected chi connectivity index (χ1v) is 7.17. The molecule has 0 bridgehead atoms. The molecule has 0 radical (unpaired) electrons. The Bertz CT molecular complexity index is 237. The number of piperazine rings is 1. The molecule has 1 saturated heterocycles. The summed E-state index contributed by atoms with van der Waals surface area (Å²) in [7, 11) is 0. The van der Waals surface area contributed by atoms with Gasteiger partial charge in [0.05, 0.1) is 6.54 Å². The normalized spacial score (nSPS) is 19.3. The van der Waals surface area contributed by atoms with Gasteiger partial charge >= 0.3 is 0 Å². The van der Waals surface area contributed by atoms with Gasteiger partial charge in [-0.05, 0) is 13.0 Å². The highest BCUT2D eigenvalue weighted by atomic mass is 16.4. The van der Waals surface area contributed by atoms with Crippen LogP contribution in [0.15, 0.2) is 5.16 Å². The van der Waals surface area contributed by atoms with Crippen LogP contribution in [-0.2, 0) is 0 Å². The van der Waals surface area contributed by atoms with Gasteiger partial charge in [0, 0.05) is 26.2 Å². The molecule has 1 aliphatic heterocycles. The SMILES string of the molecule is CCCCCCCN1CCN(CC(N)=NO)CC1. The fourth-order valence-electron chi connectivity index (χ4n) is 2.37. The van der Waals surface area contributed by atoms with Crippen LogP contribution in [-0.4, -0.2) is 60.1 Å². The van der Waals surface area contributed by atoms with Crippen LogP contribution in [0.1, 0.15) is 39.0 Å². The minimum atomic E-state index is 0.308. The van der Waals surface area contributed by atoms with Gasteiger partial charge in [0.1, 0.15) is 0 Å². The Morgan fingerprint density at radius 3 is 2.28 bits per heavy atom. The van der Waals surface area contributed by atoms with Crippen LogP contribution in [0.4, 0.5) is 0 Å². The molecular weight excluding hydrogens is 228 g/mol. The summed E-state index contributed by atoms with van der Waals surface area (Å²) in [4.78, 5) is 4.76. The molecule has 0 aromatic heterocycles. The van der Waals surface area contributed by atoms with Crippen LogP contribution in [0.5, 0.6) is 0 Å². The maximum atomic E-state index is 8.53. The van der Waals surface area contributed by atoms with Crippen molar-refractivity contribution < 1.29 is 5.21 Å². The average Bonchev–Trinajstić information content (AvgIpc) is 2.40. The second-order valence-corrected chi connectivity index (χ2v) is 5.12. The van der Waals surface area contributed by atoms with Gasteiger partial charge in [0.25, 0.3) is 0 Å². The zero-order valence-electron chi connectivity index (χ0n) is 11.6. The van der Waals surface area contributed by atoms with Crippen LogP contribution >= 0.6 is 0 Å². The van der Waals surface area contributed by atoms with Crippen LogP contribution in [0.25, 0.3) is 0 Å². The van der Waals surface area contributed by atoms with Gasteiger partial charge < -0.3 is 15.8 Å². The summed E-state index contributed by atoms with van der Waals surface area (Å²) in [5.41, 5.74) is 5.51. The summed E-state index contributed by atoms with van der Waals surface area (Å²) < 4.78 is 0. The van der Waals surface area contributed by atoms with Crippen LogP contribution in [0.3, 0.4) is 0 Å². The minimum absolute atomic E-state index is 0.308. The molecule has 0 aliphatic carbocycles. The topological polar surface area (TPSA) is 65.1 Å². The number of nitrogens with two attached hydrogens (primary N) is 1. The number of amidine groups is 1. The third-order valence-corrected chi connectivity index (χ3v) is 3.56. The Morgan fingerprint density at radius 2 is 1.67 bits per heavy atom. The van der Waals surface area contributed by atoms with E-state index in [0.29, 0.717) is 12.4 Å². The maximum absolute atomic E-state index is 8.53. The Balaban J connectivity index is 2.04. The monoisotopic (exact) mass is 256 g/mol. The molecule has 0 amide bonds. The third-order valence-electron chi connectivity index (χ3n) is 3.56. The van der Waals surface area contributed by atoms with Crippen molar-refractivity contribution >= 4 is 5.84 Å². The number of nitrogens with zero attached hydrogens (tertiary/aromatic N) is 3. The molecule has 1 heterocycles. The summed E-state index contributed by atoms with van der Waals surface area (Å²) in [5, 5.41) is 11.5. The van der Waals surface area contributed by atoms with Crippen molar-refractivity contribution in [3.8, 4) is 0 Å². The highest BCUT2D eigenvalue weighted by molar-refractivity contribution is 5.81. The number of oxime groups is 1. The number of hydrogen-bond acceptors (Lipinski definition) is 4. The van der Waals surface area contributed by atoms with Crippen LogP contribution in [0.2, 0.25) is 0 Å². The lowest BCUT2D eigenvalue weighted by molar-refractivity contribution is 0.142. The van der Waals surface area contributed by atoms with Crippen molar-refractivity contribution in [3.05, 3.63) is 0 Å². The number of rotatable bonds is 8. The molecule has 106 valence electrons.